The molecule has 1 radical (unpaired) electrons. The molecular formula is C7H8N3O. The Labute approximate surface area is 64.7 Å². The summed E-state index contributed by atoms with van der Waals surface area (Å²) >= 11 is 0. The van der Waals surface area contributed by atoms with Gasteiger partial charge in [0.25, 0.3) is 0 Å². The fourth-order valence-electron chi connectivity index (χ4n) is 0.591. The van der Waals surface area contributed by atoms with Crippen molar-refractivity contribution < 1.29 is 4.79 Å². The fraction of sp³-hybridized carbons (Fsp3) is 0.286. The van der Waals surface area contributed by atoms with E-state index in [9.17, 15) is 4.79 Å². The number of carbonyl (C=O) groups excluding carboxylic acids is 1. The molecule has 1 heterocycles. The topological polar surface area (TPSA) is 54.9 Å². The van der Waals surface area contributed by atoms with Gasteiger partial charge in [-0.2, -0.15) is 0 Å². The molecule has 11 heavy (non-hydrogen) atoms. The van der Waals surface area contributed by atoms with Crippen LogP contribution in [0.25, 0.3) is 0 Å². The van der Waals surface area contributed by atoms with E-state index in [4.69, 9.17) is 0 Å². The van der Waals surface area contributed by atoms with Gasteiger partial charge in [-0.15, -0.1) is 0 Å². The van der Waals surface area contributed by atoms with Crippen LogP contribution in [0.3, 0.4) is 0 Å². The lowest BCUT2D eigenvalue weighted by Crippen LogP contribution is -2.19. The van der Waals surface area contributed by atoms with Gasteiger partial charge in [-0.25, -0.2) is 0 Å². The lowest BCUT2D eigenvalue weighted by Gasteiger charge is -1.97. The number of hydrogen-bond donors (Lipinski definition) is 1. The first-order valence-electron chi connectivity index (χ1n) is 3.21. The second-order valence-corrected chi connectivity index (χ2v) is 2.02. The highest BCUT2D eigenvalue weighted by atomic mass is 16.1. The van der Waals surface area contributed by atoms with Gasteiger partial charge in [0.05, 0.1) is 12.2 Å². The normalized spacial score (nSPS) is 9.18. The molecule has 0 aliphatic heterocycles. The van der Waals surface area contributed by atoms with E-state index in [0.29, 0.717) is 12.2 Å². The zero-order valence-corrected chi connectivity index (χ0v) is 6.16. The Morgan fingerprint density at radius 1 is 1.73 bits per heavy atom. The van der Waals surface area contributed by atoms with Gasteiger partial charge in [0.2, 0.25) is 5.91 Å². The highest BCUT2D eigenvalue weighted by Crippen LogP contribution is 1.86. The van der Waals surface area contributed by atoms with E-state index < -0.39 is 0 Å². The molecule has 0 aliphatic rings. The Hall–Kier alpha value is -1.45. The number of hydrogen-bond acceptors (Lipinski definition) is 3. The van der Waals surface area contributed by atoms with E-state index in [0.717, 1.165) is 0 Å². The van der Waals surface area contributed by atoms with Gasteiger partial charge < -0.3 is 5.32 Å². The molecule has 1 aromatic heterocycles. The van der Waals surface area contributed by atoms with Crippen molar-refractivity contribution in [1.82, 2.24) is 15.3 Å². The average Bonchev–Trinajstić information content (AvgIpc) is 2.03. The first-order valence-corrected chi connectivity index (χ1v) is 3.21. The molecule has 0 aromatic carbocycles. The summed E-state index contributed by atoms with van der Waals surface area (Å²) in [5, 5.41) is 2.59. The van der Waals surface area contributed by atoms with Crippen LogP contribution in [0, 0.1) is 6.20 Å². The molecule has 4 heteroatoms. The second kappa shape index (κ2) is 3.65. The van der Waals surface area contributed by atoms with Crippen LogP contribution in [0.2, 0.25) is 0 Å². The monoisotopic (exact) mass is 150 g/mol. The van der Waals surface area contributed by atoms with Gasteiger partial charge in [0, 0.05) is 19.3 Å². The maximum atomic E-state index is 10.4. The van der Waals surface area contributed by atoms with Crippen molar-refractivity contribution in [3.63, 3.8) is 0 Å². The van der Waals surface area contributed by atoms with Crippen LogP contribution in [0.4, 0.5) is 0 Å². The minimum Gasteiger partial charge on any atom is -0.351 e. The van der Waals surface area contributed by atoms with Gasteiger partial charge in [-0.05, 0) is 0 Å². The van der Waals surface area contributed by atoms with Gasteiger partial charge in [0.15, 0.2) is 0 Å². The number of amides is 1. The summed E-state index contributed by atoms with van der Waals surface area (Å²) in [4.78, 5) is 18.1. The van der Waals surface area contributed by atoms with Crippen molar-refractivity contribution >= 4 is 5.91 Å². The van der Waals surface area contributed by atoms with Crippen LogP contribution < -0.4 is 5.32 Å². The molecule has 0 spiro atoms. The van der Waals surface area contributed by atoms with Crippen LogP contribution in [-0.2, 0) is 11.3 Å². The standard InChI is InChI=1S/C7H8N3O/c1-6(11)10-5-7-4-8-2-3-9-7/h2-3H,5H2,1H3,(H,10,11). The van der Waals surface area contributed by atoms with E-state index in [-0.39, 0.29) is 5.91 Å². The number of nitrogens with one attached hydrogen (secondary N) is 1. The Kier molecular flexibility index (Phi) is 2.54. The van der Waals surface area contributed by atoms with E-state index >= 15 is 0 Å². The van der Waals surface area contributed by atoms with Gasteiger partial charge in [0.1, 0.15) is 6.20 Å². The summed E-state index contributed by atoms with van der Waals surface area (Å²) in [6.45, 7) is 1.85. The van der Waals surface area contributed by atoms with Crippen molar-refractivity contribution in [1.29, 1.82) is 0 Å². The second-order valence-electron chi connectivity index (χ2n) is 2.02. The van der Waals surface area contributed by atoms with Crippen LogP contribution in [0.15, 0.2) is 12.4 Å². The molecule has 1 N–H and O–H groups in total. The third-order valence-corrected chi connectivity index (χ3v) is 1.07. The number of carbonyl (C=O) groups is 1. The fourth-order valence-corrected chi connectivity index (χ4v) is 0.591. The van der Waals surface area contributed by atoms with Crippen molar-refractivity contribution in [3.8, 4) is 0 Å². The van der Waals surface area contributed by atoms with Crippen molar-refractivity contribution in [2.75, 3.05) is 0 Å². The van der Waals surface area contributed by atoms with Gasteiger partial charge >= 0.3 is 0 Å². The summed E-state index contributed by atoms with van der Waals surface area (Å²) in [7, 11) is 0. The molecule has 1 rings (SSSR count). The molecule has 0 unspecified atom stereocenters. The largest absolute Gasteiger partial charge is 0.351 e. The zero-order chi connectivity index (χ0) is 8.10. The first-order chi connectivity index (χ1) is 5.29. The Balaban J connectivity index is 2.45. The summed E-state index contributed by atoms with van der Waals surface area (Å²) in [5.41, 5.74) is 0.641. The molecule has 4 nitrogen and oxygen atoms in total. The molecule has 1 aromatic rings. The SMILES string of the molecule is CC(=O)NCc1[c]nccn1. The number of nitrogens with zero attached hydrogens (tertiary/aromatic N) is 2. The van der Waals surface area contributed by atoms with Crippen LogP contribution >= 0.6 is 0 Å². The smallest absolute Gasteiger partial charge is 0.217 e. The van der Waals surface area contributed by atoms with E-state index in [1.54, 1.807) is 6.20 Å². The highest BCUT2D eigenvalue weighted by Gasteiger charge is 1.94. The minimum atomic E-state index is -0.0796. The number of rotatable bonds is 2. The van der Waals surface area contributed by atoms with Crippen LogP contribution in [-0.4, -0.2) is 15.9 Å². The summed E-state index contributed by atoms with van der Waals surface area (Å²) < 4.78 is 0. The predicted octanol–water partition coefficient (Wildman–Crippen LogP) is -0.0871. The van der Waals surface area contributed by atoms with Crippen molar-refractivity contribution in [3.05, 3.63) is 24.3 Å². The Bertz CT molecular complexity index is 235. The van der Waals surface area contributed by atoms with Crippen LogP contribution in [0.5, 0.6) is 0 Å². The summed E-state index contributed by atoms with van der Waals surface area (Å²) in [6, 6.07) is 0. The molecular weight excluding hydrogens is 142 g/mol. The van der Waals surface area contributed by atoms with Gasteiger partial charge in [-0.1, -0.05) is 0 Å². The van der Waals surface area contributed by atoms with Crippen molar-refractivity contribution in [2.24, 2.45) is 0 Å². The van der Waals surface area contributed by atoms with E-state index in [1.165, 1.54) is 13.1 Å². The molecule has 0 aliphatic carbocycles. The molecule has 0 atom stereocenters. The summed E-state index contributed by atoms with van der Waals surface area (Å²) in [6.07, 6.45) is 5.75. The third-order valence-electron chi connectivity index (χ3n) is 1.07. The molecule has 1 amide bonds. The lowest BCUT2D eigenvalue weighted by atomic mass is 10.4. The summed E-state index contributed by atoms with van der Waals surface area (Å²) in [5.74, 6) is -0.0796. The average molecular weight is 150 g/mol. The Morgan fingerprint density at radius 3 is 3.09 bits per heavy atom. The Morgan fingerprint density at radius 2 is 2.55 bits per heavy atom. The quantitative estimate of drug-likeness (QED) is 0.641. The van der Waals surface area contributed by atoms with E-state index in [1.807, 2.05) is 0 Å². The maximum Gasteiger partial charge on any atom is 0.217 e. The zero-order valence-electron chi connectivity index (χ0n) is 6.16. The molecule has 0 bridgehead atoms. The molecule has 0 saturated carbocycles. The highest BCUT2D eigenvalue weighted by molar-refractivity contribution is 5.72. The minimum absolute atomic E-state index is 0.0796. The van der Waals surface area contributed by atoms with Crippen LogP contribution in [0.1, 0.15) is 12.6 Å². The third kappa shape index (κ3) is 2.75. The molecule has 0 fully saturated rings. The first kappa shape index (κ1) is 7.65. The number of aromatic nitrogens is 2. The van der Waals surface area contributed by atoms with Crippen molar-refractivity contribution in [2.45, 2.75) is 13.5 Å². The van der Waals surface area contributed by atoms with E-state index in [2.05, 4.69) is 21.5 Å². The predicted molar refractivity (Wildman–Crippen MR) is 38.4 cm³/mol. The maximum absolute atomic E-state index is 10.4. The molecule has 57 valence electrons. The lowest BCUT2D eigenvalue weighted by molar-refractivity contribution is -0.119. The molecule has 0 saturated heterocycles. The van der Waals surface area contributed by atoms with Gasteiger partial charge in [-0.3, -0.25) is 14.8 Å².